The molecule has 2 aromatic heterocycles. The highest BCUT2D eigenvalue weighted by atomic mass is 32.2. The first-order valence-electron chi connectivity index (χ1n) is 8.39. The minimum absolute atomic E-state index is 0.236. The highest BCUT2D eigenvalue weighted by Gasteiger charge is 2.33. The first-order chi connectivity index (χ1) is 13.7. The summed E-state index contributed by atoms with van der Waals surface area (Å²) in [5, 5.41) is 6.54. The molecule has 0 saturated heterocycles. The SMILES string of the molecule is Cc1cccc(Cn2nccc2NC(=O)CSc2nc(C(F)(F)F)cc(=O)[nH]2)c1. The maximum atomic E-state index is 12.7. The number of hydrogen-bond acceptors (Lipinski definition) is 5. The Kier molecular flexibility index (Phi) is 6.06. The predicted molar refractivity (Wildman–Crippen MR) is 102 cm³/mol. The number of aryl methyl sites for hydroxylation is 1. The molecule has 0 aliphatic rings. The molecule has 0 fully saturated rings. The fourth-order valence-electron chi connectivity index (χ4n) is 2.51. The van der Waals surface area contributed by atoms with Crippen LogP contribution >= 0.6 is 11.8 Å². The Labute approximate surface area is 167 Å². The largest absolute Gasteiger partial charge is 0.433 e. The molecular weight excluding hydrogens is 407 g/mol. The zero-order valence-corrected chi connectivity index (χ0v) is 16.0. The average molecular weight is 423 g/mol. The van der Waals surface area contributed by atoms with Crippen LogP contribution in [-0.4, -0.2) is 31.4 Å². The van der Waals surface area contributed by atoms with Gasteiger partial charge in [-0.25, -0.2) is 9.67 Å². The number of anilines is 1. The third kappa shape index (κ3) is 5.70. The van der Waals surface area contributed by atoms with E-state index in [1.54, 1.807) is 10.7 Å². The number of alkyl halides is 3. The lowest BCUT2D eigenvalue weighted by Gasteiger charge is -2.10. The van der Waals surface area contributed by atoms with Crippen LogP contribution < -0.4 is 10.9 Å². The molecule has 1 amide bonds. The molecule has 11 heteroatoms. The fourth-order valence-corrected chi connectivity index (χ4v) is 3.19. The lowest BCUT2D eigenvalue weighted by Crippen LogP contribution is -2.20. The van der Waals surface area contributed by atoms with Crippen LogP contribution in [0.15, 0.2) is 52.5 Å². The second-order valence-corrected chi connectivity index (χ2v) is 7.10. The fraction of sp³-hybridized carbons (Fsp3) is 0.222. The summed E-state index contributed by atoms with van der Waals surface area (Å²) in [4.78, 5) is 29.1. The van der Waals surface area contributed by atoms with Gasteiger partial charge < -0.3 is 10.3 Å². The number of carbonyl (C=O) groups excluding carboxylic acids is 1. The van der Waals surface area contributed by atoms with Gasteiger partial charge in [0.2, 0.25) is 5.91 Å². The molecule has 3 rings (SSSR count). The number of rotatable bonds is 6. The first-order valence-corrected chi connectivity index (χ1v) is 9.38. The summed E-state index contributed by atoms with van der Waals surface area (Å²) in [7, 11) is 0. The van der Waals surface area contributed by atoms with Crippen LogP contribution in [0.25, 0.3) is 0 Å². The van der Waals surface area contributed by atoms with Crippen molar-refractivity contribution in [3.63, 3.8) is 0 Å². The Hall–Kier alpha value is -3.08. The molecule has 0 aliphatic carbocycles. The molecule has 2 N–H and O–H groups in total. The van der Waals surface area contributed by atoms with Crippen molar-refractivity contribution in [3.05, 3.63) is 69.8 Å². The Morgan fingerprint density at radius 3 is 2.79 bits per heavy atom. The van der Waals surface area contributed by atoms with Crippen LogP contribution in [0.3, 0.4) is 0 Å². The summed E-state index contributed by atoms with van der Waals surface area (Å²) in [5.74, 6) is -0.261. The molecule has 0 radical (unpaired) electrons. The Morgan fingerprint density at radius 2 is 2.07 bits per heavy atom. The number of benzene rings is 1. The van der Waals surface area contributed by atoms with E-state index in [-0.39, 0.29) is 10.9 Å². The molecule has 0 spiro atoms. The van der Waals surface area contributed by atoms with Gasteiger partial charge >= 0.3 is 6.18 Å². The minimum Gasteiger partial charge on any atom is -0.310 e. The molecule has 29 heavy (non-hydrogen) atoms. The van der Waals surface area contributed by atoms with E-state index in [1.165, 1.54) is 6.20 Å². The van der Waals surface area contributed by atoms with Crippen LogP contribution in [0.4, 0.5) is 19.0 Å². The Bertz CT molecular complexity index is 1080. The van der Waals surface area contributed by atoms with Crippen molar-refractivity contribution in [1.82, 2.24) is 19.7 Å². The van der Waals surface area contributed by atoms with Crippen LogP contribution in [0, 0.1) is 6.92 Å². The molecule has 0 aliphatic heterocycles. The van der Waals surface area contributed by atoms with E-state index >= 15 is 0 Å². The maximum absolute atomic E-state index is 12.7. The summed E-state index contributed by atoms with van der Waals surface area (Å²) in [6.07, 6.45) is -3.21. The number of aromatic nitrogens is 4. The lowest BCUT2D eigenvalue weighted by molar-refractivity contribution is -0.141. The van der Waals surface area contributed by atoms with Crippen molar-refractivity contribution in [2.24, 2.45) is 0 Å². The van der Waals surface area contributed by atoms with Crippen molar-refractivity contribution in [2.75, 3.05) is 11.1 Å². The molecule has 2 heterocycles. The zero-order chi connectivity index (χ0) is 21.0. The third-order valence-corrected chi connectivity index (χ3v) is 4.62. The minimum atomic E-state index is -4.74. The van der Waals surface area contributed by atoms with E-state index in [9.17, 15) is 22.8 Å². The van der Waals surface area contributed by atoms with E-state index in [4.69, 9.17) is 0 Å². The molecule has 152 valence electrons. The first kappa shape index (κ1) is 20.6. The van der Waals surface area contributed by atoms with Crippen LogP contribution in [0.5, 0.6) is 0 Å². The van der Waals surface area contributed by atoms with Crippen molar-refractivity contribution in [1.29, 1.82) is 0 Å². The van der Waals surface area contributed by atoms with Gasteiger partial charge in [0.25, 0.3) is 5.56 Å². The van der Waals surface area contributed by atoms with Gasteiger partial charge in [-0.05, 0) is 12.5 Å². The molecule has 7 nitrogen and oxygen atoms in total. The van der Waals surface area contributed by atoms with Gasteiger partial charge in [-0.1, -0.05) is 41.6 Å². The van der Waals surface area contributed by atoms with Crippen LogP contribution in [0.1, 0.15) is 16.8 Å². The maximum Gasteiger partial charge on any atom is 0.433 e. The molecule has 0 saturated carbocycles. The summed E-state index contributed by atoms with van der Waals surface area (Å²) >= 11 is 0.698. The van der Waals surface area contributed by atoms with E-state index in [0.717, 1.165) is 11.1 Å². The second-order valence-electron chi connectivity index (χ2n) is 6.13. The van der Waals surface area contributed by atoms with Gasteiger partial charge in [0.05, 0.1) is 18.5 Å². The van der Waals surface area contributed by atoms with Gasteiger partial charge in [0, 0.05) is 12.1 Å². The van der Waals surface area contributed by atoms with E-state index in [1.807, 2.05) is 31.2 Å². The quantitative estimate of drug-likeness (QED) is 0.470. The van der Waals surface area contributed by atoms with Crippen LogP contribution in [-0.2, 0) is 17.5 Å². The number of thioether (sulfide) groups is 1. The number of nitrogens with one attached hydrogen (secondary N) is 2. The summed E-state index contributed by atoms with van der Waals surface area (Å²) in [6.45, 7) is 2.42. The molecule has 0 bridgehead atoms. The monoisotopic (exact) mass is 423 g/mol. The van der Waals surface area contributed by atoms with Gasteiger partial charge in [0.15, 0.2) is 10.9 Å². The summed E-state index contributed by atoms with van der Waals surface area (Å²) < 4.78 is 39.8. The topological polar surface area (TPSA) is 92.7 Å². The molecule has 0 atom stereocenters. The molecule has 3 aromatic rings. The van der Waals surface area contributed by atoms with Gasteiger partial charge in [-0.2, -0.15) is 18.3 Å². The van der Waals surface area contributed by atoms with Gasteiger partial charge in [0.1, 0.15) is 5.82 Å². The number of amides is 1. The van der Waals surface area contributed by atoms with Crippen LogP contribution in [0.2, 0.25) is 0 Å². The van der Waals surface area contributed by atoms with E-state index in [0.29, 0.717) is 30.2 Å². The predicted octanol–water partition coefficient (Wildman–Crippen LogP) is 3.07. The van der Waals surface area contributed by atoms with Crippen molar-refractivity contribution in [2.45, 2.75) is 24.8 Å². The van der Waals surface area contributed by atoms with E-state index in [2.05, 4.69) is 20.4 Å². The standard InChI is InChI=1S/C18H16F3N5O2S/c1-11-3-2-4-12(7-11)9-26-14(5-6-22-26)24-16(28)10-29-17-23-13(18(19,20)21)8-15(27)25-17/h2-8H,9-10H2,1H3,(H,24,28)(H,23,25,27). The second kappa shape index (κ2) is 8.52. The average Bonchev–Trinajstić information content (AvgIpc) is 3.05. The number of H-pyrrole nitrogens is 1. The normalized spacial score (nSPS) is 11.4. The summed E-state index contributed by atoms with van der Waals surface area (Å²) in [6, 6.07) is 9.81. The zero-order valence-electron chi connectivity index (χ0n) is 15.2. The Morgan fingerprint density at radius 1 is 1.28 bits per heavy atom. The van der Waals surface area contributed by atoms with Crippen molar-refractivity contribution in [3.8, 4) is 0 Å². The molecule has 1 aromatic carbocycles. The van der Waals surface area contributed by atoms with Gasteiger partial charge in [-0.3, -0.25) is 9.59 Å². The Balaban J connectivity index is 1.63. The number of carbonyl (C=O) groups is 1. The lowest BCUT2D eigenvalue weighted by atomic mass is 10.1. The number of halogens is 3. The number of aromatic amines is 1. The summed E-state index contributed by atoms with van der Waals surface area (Å²) in [5.41, 5.74) is -0.143. The number of hydrogen-bond donors (Lipinski definition) is 2. The van der Waals surface area contributed by atoms with Crippen molar-refractivity contribution < 1.29 is 18.0 Å². The smallest absolute Gasteiger partial charge is 0.310 e. The molecular formula is C18H16F3N5O2S. The molecule has 0 unspecified atom stereocenters. The van der Waals surface area contributed by atoms with E-state index < -0.39 is 23.3 Å². The van der Waals surface area contributed by atoms with Crippen molar-refractivity contribution >= 4 is 23.5 Å². The highest BCUT2D eigenvalue weighted by Crippen LogP contribution is 2.27. The third-order valence-electron chi connectivity index (χ3n) is 3.75. The highest BCUT2D eigenvalue weighted by molar-refractivity contribution is 7.99. The van der Waals surface area contributed by atoms with Gasteiger partial charge in [-0.15, -0.1) is 0 Å². The number of nitrogens with zero attached hydrogens (tertiary/aromatic N) is 3.